The van der Waals surface area contributed by atoms with Gasteiger partial charge < -0.3 is 4.90 Å². The predicted octanol–water partition coefficient (Wildman–Crippen LogP) is 0.108. The number of amides is 1. The zero-order chi connectivity index (χ0) is 13.9. The zero-order valence-electron chi connectivity index (χ0n) is 8.63. The summed E-state index contributed by atoms with van der Waals surface area (Å²) < 4.78 is 30.0. The zero-order valence-corrected chi connectivity index (χ0v) is 9.73. The van der Waals surface area contributed by atoms with Crippen LogP contribution in [0.3, 0.4) is 0 Å². The van der Waals surface area contributed by atoms with Crippen molar-refractivity contribution in [1.29, 1.82) is 0 Å². The molecule has 0 unspecified atom stereocenters. The smallest absolute Gasteiger partial charge is 0 e. The molecule has 0 heterocycles. The Labute approximate surface area is 105 Å². The molecule has 0 aliphatic heterocycles. The number of likely N-dealkylation sites (N-methyl/N-ethyl adjacent to an activating group) is 1. The topological polar surface area (TPSA) is 99.9 Å². The van der Waals surface area contributed by atoms with Crippen LogP contribution in [0, 0.1) is 26.6 Å². The third kappa shape index (κ3) is 78.8. The maximum atomic E-state index is 10.3. The Kier molecular flexibility index (Phi) is 155. The van der Waals surface area contributed by atoms with Crippen LogP contribution in [-0.4, -0.2) is 24.9 Å². The molecule has 0 rings (SSSR count). The van der Waals surface area contributed by atoms with Crippen molar-refractivity contribution in [3.63, 3.8) is 0 Å². The summed E-state index contributed by atoms with van der Waals surface area (Å²) in [6.45, 7) is 21.3. The summed E-state index contributed by atoms with van der Waals surface area (Å²) in [6, 6.07) is 0. The molecule has 0 aromatic rings. The van der Waals surface area contributed by atoms with Crippen molar-refractivity contribution in [2.45, 2.75) is 0 Å². The van der Waals surface area contributed by atoms with Crippen molar-refractivity contribution >= 4 is 5.91 Å². The van der Waals surface area contributed by atoms with Gasteiger partial charge in [-0.25, -0.2) is 0 Å². The Balaban J connectivity index is -0.0000000238. The van der Waals surface area contributed by atoms with E-state index < -0.39 is 0 Å². The van der Waals surface area contributed by atoms with Crippen molar-refractivity contribution in [2.24, 2.45) is 0 Å². The SMILES string of the molecule is C=CC(=O)N(C)C.[C-]#[O+].[C-]#[O+].[C-]#[O+].[C-]#[O+].[Fe]. The van der Waals surface area contributed by atoms with E-state index in [1.54, 1.807) is 14.1 Å². The normalized spacial score (nSPS) is 3.88. The summed E-state index contributed by atoms with van der Waals surface area (Å²) in [7, 11) is 3.37. The van der Waals surface area contributed by atoms with E-state index in [0.29, 0.717) is 0 Å². The van der Waals surface area contributed by atoms with Gasteiger partial charge in [-0.1, -0.05) is 6.58 Å². The standard InChI is InChI=1S/C5H9NO.4CO.Fe/c1-4-5(7)6(2)3;4*1-2;/h4H,1H2,2-3H3;;;;;. The first-order valence-corrected chi connectivity index (χ1v) is 2.84. The van der Waals surface area contributed by atoms with Crippen LogP contribution in [0.5, 0.6) is 0 Å². The molecule has 6 nitrogen and oxygen atoms in total. The quantitative estimate of drug-likeness (QED) is 0.286. The van der Waals surface area contributed by atoms with Crippen LogP contribution >= 0.6 is 0 Å². The molecule has 0 aromatic heterocycles. The van der Waals surface area contributed by atoms with Crippen LogP contribution in [0.25, 0.3) is 0 Å². The Morgan fingerprint density at radius 1 is 1.00 bits per heavy atom. The van der Waals surface area contributed by atoms with Gasteiger partial charge in [-0.15, -0.1) is 0 Å². The van der Waals surface area contributed by atoms with Gasteiger partial charge in [0.15, 0.2) is 0 Å². The van der Waals surface area contributed by atoms with Crippen LogP contribution < -0.4 is 0 Å². The average molecular weight is 267 g/mol. The average Bonchev–Trinajstić information content (AvgIpc) is 2.37. The number of carbonyl (C=O) groups is 1. The van der Waals surface area contributed by atoms with Gasteiger partial charge in [0.25, 0.3) is 0 Å². The summed E-state index contributed by atoms with van der Waals surface area (Å²) in [5, 5.41) is 0. The molecule has 88 valence electrons. The Morgan fingerprint density at radius 3 is 1.19 bits per heavy atom. The molecule has 0 atom stereocenters. The van der Waals surface area contributed by atoms with Gasteiger partial charge in [-0.2, -0.15) is 0 Å². The monoisotopic (exact) mass is 267 g/mol. The third-order valence-corrected chi connectivity index (χ3v) is 0.615. The molecule has 0 N–H and O–H groups in total. The predicted molar refractivity (Wildman–Crippen MR) is 44.6 cm³/mol. The maximum Gasteiger partial charge on any atom is 0 e. The van der Waals surface area contributed by atoms with Crippen molar-refractivity contribution < 1.29 is 40.5 Å². The van der Waals surface area contributed by atoms with Crippen LogP contribution in [0.1, 0.15) is 0 Å². The van der Waals surface area contributed by atoms with Crippen molar-refractivity contribution in [1.82, 2.24) is 4.90 Å². The molecule has 0 radical (unpaired) electrons. The fourth-order valence-electron chi connectivity index (χ4n) is 0.183. The number of hydrogen-bond acceptors (Lipinski definition) is 1. The van der Waals surface area contributed by atoms with E-state index >= 15 is 0 Å². The fourth-order valence-corrected chi connectivity index (χ4v) is 0.183. The Hall–Kier alpha value is -1.31. The molecule has 0 aromatic carbocycles. The molecule has 1 amide bonds. The van der Waals surface area contributed by atoms with Crippen LogP contribution in [0.4, 0.5) is 0 Å². The number of carbonyl (C=O) groups excluding carboxylic acids is 1. The summed E-state index contributed by atoms with van der Waals surface area (Å²) in [5.74, 6) is -0.0556. The van der Waals surface area contributed by atoms with Gasteiger partial charge in [0, 0.05) is 31.2 Å². The molecule has 0 saturated carbocycles. The second kappa shape index (κ2) is 68.1. The van der Waals surface area contributed by atoms with Gasteiger partial charge in [-0.3, -0.25) is 4.79 Å². The molecule has 16 heavy (non-hydrogen) atoms. The minimum absolute atomic E-state index is 0. The van der Waals surface area contributed by atoms with Crippen LogP contribution in [0.2, 0.25) is 0 Å². The van der Waals surface area contributed by atoms with Gasteiger partial charge in [0.1, 0.15) is 0 Å². The largest absolute Gasteiger partial charge is 0 e. The molecule has 0 bridgehead atoms. The van der Waals surface area contributed by atoms with Crippen LogP contribution in [-0.2, 0) is 40.5 Å². The number of nitrogens with zero attached hydrogens (tertiary/aromatic N) is 1. The maximum absolute atomic E-state index is 10.3. The van der Waals surface area contributed by atoms with E-state index in [4.69, 9.17) is 18.6 Å². The van der Waals surface area contributed by atoms with Gasteiger partial charge in [0.05, 0.1) is 0 Å². The molecule has 0 aliphatic rings. The Morgan fingerprint density at radius 2 is 1.19 bits per heavy atom. The van der Waals surface area contributed by atoms with Crippen molar-refractivity contribution in [3.8, 4) is 0 Å². The number of hydrogen-bond donors (Lipinski definition) is 0. The summed E-state index contributed by atoms with van der Waals surface area (Å²) in [4.78, 5) is 11.8. The minimum atomic E-state index is -0.0556. The molecular formula is C9H9FeNO5. The van der Waals surface area contributed by atoms with Crippen LogP contribution in [0.15, 0.2) is 12.7 Å². The Bertz CT molecular complexity index is 193. The first kappa shape index (κ1) is 36.5. The van der Waals surface area contributed by atoms with E-state index in [1.807, 2.05) is 0 Å². The van der Waals surface area contributed by atoms with Crippen molar-refractivity contribution in [2.75, 3.05) is 14.1 Å². The van der Waals surface area contributed by atoms with Gasteiger partial charge in [0.2, 0.25) is 5.91 Å². The molecule has 0 saturated heterocycles. The van der Waals surface area contributed by atoms with E-state index in [9.17, 15) is 4.79 Å². The summed E-state index contributed by atoms with van der Waals surface area (Å²) in [5.41, 5.74) is 0. The van der Waals surface area contributed by atoms with E-state index in [1.165, 1.54) is 11.0 Å². The first-order chi connectivity index (χ1) is 7.18. The molecule has 0 aliphatic carbocycles. The second-order valence-electron chi connectivity index (χ2n) is 1.44. The molecule has 7 heteroatoms. The summed E-state index contributed by atoms with van der Waals surface area (Å²) in [6.07, 6.45) is 1.28. The summed E-state index contributed by atoms with van der Waals surface area (Å²) >= 11 is 0. The van der Waals surface area contributed by atoms with E-state index in [0.717, 1.165) is 0 Å². The minimum Gasteiger partial charge on any atom is 0 e. The second-order valence-corrected chi connectivity index (χ2v) is 1.44. The van der Waals surface area contributed by atoms with E-state index in [2.05, 4.69) is 33.2 Å². The molecular weight excluding hydrogens is 258 g/mol. The van der Waals surface area contributed by atoms with Gasteiger partial charge >= 0.3 is 45.2 Å². The molecule has 0 spiro atoms. The molecule has 0 fully saturated rings. The first-order valence-electron chi connectivity index (χ1n) is 2.84. The van der Waals surface area contributed by atoms with Gasteiger partial charge in [-0.05, 0) is 6.08 Å². The third-order valence-electron chi connectivity index (χ3n) is 0.615. The van der Waals surface area contributed by atoms with E-state index in [-0.39, 0.29) is 23.0 Å². The van der Waals surface area contributed by atoms with Crippen molar-refractivity contribution in [3.05, 3.63) is 39.3 Å². The number of rotatable bonds is 1. The fraction of sp³-hybridized carbons (Fsp3) is 0.222.